The van der Waals surface area contributed by atoms with Gasteiger partial charge in [0.1, 0.15) is 0 Å². The molecule has 1 heterocycles. The van der Waals surface area contributed by atoms with Crippen molar-refractivity contribution in [3.05, 3.63) is 0 Å². The summed E-state index contributed by atoms with van der Waals surface area (Å²) in [5, 5.41) is 0. The highest BCUT2D eigenvalue weighted by atomic mass is 16.7. The fourth-order valence-electron chi connectivity index (χ4n) is 2.76. The van der Waals surface area contributed by atoms with Gasteiger partial charge in [-0.15, -0.1) is 0 Å². The molecule has 20 heavy (non-hydrogen) atoms. The molecule has 1 atom stereocenters. The van der Waals surface area contributed by atoms with Crippen molar-refractivity contribution in [2.75, 3.05) is 6.61 Å². The van der Waals surface area contributed by atoms with Crippen molar-refractivity contribution in [3.8, 4) is 0 Å². The maximum Gasteiger partial charge on any atom is 0.304 e. The van der Waals surface area contributed by atoms with Gasteiger partial charge in [-0.05, 0) is 12.8 Å². The predicted octanol–water partition coefficient (Wildman–Crippen LogP) is 4.98. The van der Waals surface area contributed by atoms with E-state index in [1.54, 1.807) is 0 Å². The zero-order valence-corrected chi connectivity index (χ0v) is 13.2. The molecule has 3 heteroatoms. The molecule has 1 rings (SSSR count). The van der Waals surface area contributed by atoms with E-state index < -0.39 is 0 Å². The number of carbonyl (C=O) groups is 1. The average molecular weight is 284 g/mol. The Morgan fingerprint density at radius 3 is 1.75 bits per heavy atom. The average Bonchev–Trinajstić information content (AvgIpc) is 2.40. The summed E-state index contributed by atoms with van der Waals surface area (Å²) in [4.78, 5) is 11.1. The largest absolute Gasteiger partial charge is 0.436 e. The highest BCUT2D eigenvalue weighted by Crippen LogP contribution is 2.15. The van der Waals surface area contributed by atoms with E-state index in [-0.39, 0.29) is 12.3 Å². The third kappa shape index (κ3) is 10.2. The molecular formula is C17H32O3. The third-order valence-corrected chi connectivity index (χ3v) is 3.94. The van der Waals surface area contributed by atoms with Gasteiger partial charge in [-0.3, -0.25) is 4.79 Å². The van der Waals surface area contributed by atoms with Crippen LogP contribution in [0, 0.1) is 0 Å². The van der Waals surface area contributed by atoms with E-state index in [9.17, 15) is 4.79 Å². The van der Waals surface area contributed by atoms with E-state index in [1.807, 2.05) is 0 Å². The molecule has 1 saturated heterocycles. The molecule has 1 aliphatic heterocycles. The number of esters is 1. The van der Waals surface area contributed by atoms with Gasteiger partial charge in [0.2, 0.25) is 6.29 Å². The smallest absolute Gasteiger partial charge is 0.304 e. The highest BCUT2D eigenvalue weighted by Gasteiger charge is 2.11. The van der Waals surface area contributed by atoms with Gasteiger partial charge < -0.3 is 9.47 Å². The van der Waals surface area contributed by atoms with Crippen LogP contribution in [0.3, 0.4) is 0 Å². The molecule has 3 nitrogen and oxygen atoms in total. The minimum atomic E-state index is -0.319. The molecule has 0 bridgehead atoms. The van der Waals surface area contributed by atoms with Crippen LogP contribution in [0.1, 0.15) is 90.4 Å². The van der Waals surface area contributed by atoms with E-state index >= 15 is 0 Å². The normalized spacial score (nSPS) is 24.9. The molecule has 0 aliphatic carbocycles. The quantitative estimate of drug-likeness (QED) is 0.637. The summed E-state index contributed by atoms with van der Waals surface area (Å²) in [6, 6.07) is 0. The fraction of sp³-hybridized carbons (Fsp3) is 0.941. The molecule has 1 fully saturated rings. The maximum atomic E-state index is 11.1. The van der Waals surface area contributed by atoms with Crippen LogP contribution in [0.4, 0.5) is 0 Å². The summed E-state index contributed by atoms with van der Waals surface area (Å²) in [6.45, 7) is 2.18. The van der Waals surface area contributed by atoms with Crippen molar-refractivity contribution in [3.63, 3.8) is 0 Å². The first-order valence-electron chi connectivity index (χ1n) is 8.58. The molecule has 118 valence electrons. The number of hydrogen-bond donors (Lipinski definition) is 0. The Bertz CT molecular complexity index is 224. The van der Waals surface area contributed by atoms with Gasteiger partial charge in [0.15, 0.2) is 0 Å². The van der Waals surface area contributed by atoms with E-state index in [2.05, 4.69) is 0 Å². The van der Waals surface area contributed by atoms with Gasteiger partial charge in [-0.1, -0.05) is 64.2 Å². The molecular weight excluding hydrogens is 252 g/mol. The third-order valence-electron chi connectivity index (χ3n) is 3.94. The zero-order chi connectivity index (χ0) is 14.5. The summed E-state index contributed by atoms with van der Waals surface area (Å²) in [7, 11) is 0. The lowest BCUT2D eigenvalue weighted by Crippen LogP contribution is -2.20. The van der Waals surface area contributed by atoms with Crippen molar-refractivity contribution < 1.29 is 14.3 Å². The molecule has 0 radical (unpaired) electrons. The molecule has 0 amide bonds. The number of rotatable bonds is 1. The Balaban J connectivity index is 2.26. The standard InChI is InChI=1S/C17H32O3/c1-16(18)20-17-14-12-10-8-6-4-2-3-5-7-9-11-13-15-19-17/h17H,2-15H2,1H3. The molecule has 1 unspecified atom stereocenters. The predicted molar refractivity (Wildman–Crippen MR) is 81.5 cm³/mol. The molecule has 0 N–H and O–H groups in total. The van der Waals surface area contributed by atoms with Crippen molar-refractivity contribution in [1.82, 2.24) is 0 Å². The summed E-state index contributed by atoms with van der Waals surface area (Å²) in [5.41, 5.74) is 0. The summed E-state index contributed by atoms with van der Waals surface area (Å²) in [5.74, 6) is -0.232. The van der Waals surface area contributed by atoms with Crippen LogP contribution in [-0.4, -0.2) is 18.9 Å². The molecule has 0 aromatic carbocycles. The van der Waals surface area contributed by atoms with E-state index in [0.29, 0.717) is 0 Å². The summed E-state index contributed by atoms with van der Waals surface area (Å²) in [6.07, 6.45) is 16.0. The Kier molecular flexibility index (Phi) is 10.7. The molecule has 0 spiro atoms. The summed E-state index contributed by atoms with van der Waals surface area (Å²) < 4.78 is 10.9. The van der Waals surface area contributed by atoms with Crippen molar-refractivity contribution in [1.29, 1.82) is 0 Å². The van der Waals surface area contributed by atoms with Crippen LogP contribution in [-0.2, 0) is 14.3 Å². The highest BCUT2D eigenvalue weighted by molar-refractivity contribution is 5.66. The minimum Gasteiger partial charge on any atom is -0.436 e. The fourth-order valence-corrected chi connectivity index (χ4v) is 2.76. The van der Waals surface area contributed by atoms with E-state index in [0.717, 1.165) is 25.9 Å². The first-order chi connectivity index (χ1) is 9.79. The van der Waals surface area contributed by atoms with Crippen LogP contribution < -0.4 is 0 Å². The Morgan fingerprint density at radius 1 is 0.800 bits per heavy atom. The van der Waals surface area contributed by atoms with Crippen molar-refractivity contribution in [2.24, 2.45) is 0 Å². The Labute approximate surface area is 124 Å². The topological polar surface area (TPSA) is 35.5 Å². The first-order valence-corrected chi connectivity index (χ1v) is 8.58. The second-order valence-corrected chi connectivity index (χ2v) is 5.94. The van der Waals surface area contributed by atoms with Crippen LogP contribution >= 0.6 is 0 Å². The van der Waals surface area contributed by atoms with Crippen LogP contribution in [0.5, 0.6) is 0 Å². The van der Waals surface area contributed by atoms with Gasteiger partial charge >= 0.3 is 5.97 Å². The zero-order valence-electron chi connectivity index (χ0n) is 13.2. The first kappa shape index (κ1) is 17.5. The SMILES string of the molecule is CC(=O)OC1CCCCCCCCCCCCCCO1. The van der Waals surface area contributed by atoms with Crippen molar-refractivity contribution >= 4 is 5.97 Å². The Hall–Kier alpha value is -0.570. The summed E-state index contributed by atoms with van der Waals surface area (Å²) >= 11 is 0. The molecule has 1 aliphatic rings. The molecule has 0 saturated carbocycles. The van der Waals surface area contributed by atoms with Gasteiger partial charge in [-0.2, -0.15) is 0 Å². The molecule has 0 aromatic rings. The van der Waals surface area contributed by atoms with Gasteiger partial charge in [0.05, 0.1) is 6.61 Å². The van der Waals surface area contributed by atoms with Gasteiger partial charge in [0.25, 0.3) is 0 Å². The second-order valence-electron chi connectivity index (χ2n) is 5.94. The lowest BCUT2D eigenvalue weighted by atomic mass is 10.0. The van der Waals surface area contributed by atoms with Gasteiger partial charge in [-0.25, -0.2) is 0 Å². The van der Waals surface area contributed by atoms with E-state index in [4.69, 9.17) is 9.47 Å². The number of carbonyl (C=O) groups excluding carboxylic acids is 1. The van der Waals surface area contributed by atoms with Crippen LogP contribution in [0.15, 0.2) is 0 Å². The lowest BCUT2D eigenvalue weighted by Gasteiger charge is -2.17. The van der Waals surface area contributed by atoms with Crippen LogP contribution in [0.2, 0.25) is 0 Å². The van der Waals surface area contributed by atoms with E-state index in [1.165, 1.54) is 71.1 Å². The lowest BCUT2D eigenvalue weighted by molar-refractivity contribution is -0.178. The Morgan fingerprint density at radius 2 is 1.25 bits per heavy atom. The van der Waals surface area contributed by atoms with Crippen molar-refractivity contribution in [2.45, 2.75) is 96.7 Å². The number of ether oxygens (including phenoxy) is 2. The second kappa shape index (κ2) is 12.2. The maximum absolute atomic E-state index is 11.1. The molecule has 0 aromatic heterocycles. The monoisotopic (exact) mass is 284 g/mol. The number of hydrogen-bond acceptors (Lipinski definition) is 3. The van der Waals surface area contributed by atoms with Crippen LogP contribution in [0.25, 0.3) is 0 Å². The minimum absolute atomic E-state index is 0.232. The van der Waals surface area contributed by atoms with Gasteiger partial charge in [0, 0.05) is 13.3 Å².